The summed E-state index contributed by atoms with van der Waals surface area (Å²) in [5, 5.41) is 9.19. The number of phenolic OH excluding ortho intramolecular Hbond substituents is 1. The van der Waals surface area contributed by atoms with Crippen LogP contribution in [0.15, 0.2) is 36.6 Å². The lowest BCUT2D eigenvalue weighted by atomic mass is 9.85. The number of allylic oxidation sites excluding steroid dienone is 1. The number of rotatable bonds is 6. The minimum Gasteiger partial charge on any atom is -0.508 e. The fraction of sp³-hybridized carbons (Fsp3) is 0.412. The molecule has 1 heterocycles. The maximum absolute atomic E-state index is 11.9. The van der Waals surface area contributed by atoms with Gasteiger partial charge in [-0.2, -0.15) is 0 Å². The number of aromatic hydroxyl groups is 1. The normalized spacial score (nSPS) is 23.6. The van der Waals surface area contributed by atoms with Crippen LogP contribution < -0.4 is 0 Å². The second-order valence-corrected chi connectivity index (χ2v) is 5.39. The maximum atomic E-state index is 11.9. The van der Waals surface area contributed by atoms with Gasteiger partial charge >= 0.3 is 5.97 Å². The largest absolute Gasteiger partial charge is 0.508 e. The summed E-state index contributed by atoms with van der Waals surface area (Å²) in [6, 6.07) is 6.77. The van der Waals surface area contributed by atoms with Crippen LogP contribution in [0.25, 0.3) is 0 Å². The summed E-state index contributed by atoms with van der Waals surface area (Å²) in [4.78, 5) is 23.0. The lowest BCUT2D eigenvalue weighted by Crippen LogP contribution is -2.32. The number of aldehydes is 1. The van der Waals surface area contributed by atoms with Crippen LogP contribution >= 0.6 is 0 Å². The van der Waals surface area contributed by atoms with Crippen molar-refractivity contribution in [3.63, 3.8) is 0 Å². The second kappa shape index (κ2) is 7.64. The second-order valence-electron chi connectivity index (χ2n) is 5.39. The summed E-state index contributed by atoms with van der Waals surface area (Å²) in [7, 11) is 0. The van der Waals surface area contributed by atoms with E-state index >= 15 is 0 Å². The van der Waals surface area contributed by atoms with Crippen LogP contribution in [-0.4, -0.2) is 30.1 Å². The lowest BCUT2D eigenvalue weighted by molar-refractivity contribution is -0.145. The molecule has 0 aliphatic carbocycles. The van der Waals surface area contributed by atoms with Crippen molar-refractivity contribution in [2.45, 2.75) is 25.9 Å². The first-order valence-electron chi connectivity index (χ1n) is 7.31. The Morgan fingerprint density at radius 1 is 1.36 bits per heavy atom. The molecule has 2 rings (SSSR count). The monoisotopic (exact) mass is 304 g/mol. The number of hydrogen-bond donors (Lipinski definition) is 1. The van der Waals surface area contributed by atoms with Gasteiger partial charge in [0.1, 0.15) is 18.1 Å². The molecule has 0 amide bonds. The molecule has 0 saturated heterocycles. The van der Waals surface area contributed by atoms with Gasteiger partial charge in [0.2, 0.25) is 0 Å². The quantitative estimate of drug-likeness (QED) is 0.644. The molecule has 5 nitrogen and oxygen atoms in total. The van der Waals surface area contributed by atoms with Crippen molar-refractivity contribution in [2.75, 3.05) is 6.61 Å². The smallest absolute Gasteiger partial charge is 0.306 e. The highest BCUT2D eigenvalue weighted by atomic mass is 16.5. The van der Waals surface area contributed by atoms with Crippen LogP contribution in [0.5, 0.6) is 5.75 Å². The van der Waals surface area contributed by atoms with E-state index in [-0.39, 0.29) is 42.7 Å². The summed E-state index contributed by atoms with van der Waals surface area (Å²) in [5.41, 5.74) is 0.982. The number of ether oxygens (including phenoxy) is 2. The average molecular weight is 304 g/mol. The third-order valence-electron chi connectivity index (χ3n) is 3.81. The molecule has 0 saturated carbocycles. The average Bonchev–Trinajstić information content (AvgIpc) is 2.49. The van der Waals surface area contributed by atoms with E-state index in [1.165, 1.54) is 0 Å². The topological polar surface area (TPSA) is 72.8 Å². The van der Waals surface area contributed by atoms with Gasteiger partial charge in [-0.3, -0.25) is 4.79 Å². The Morgan fingerprint density at radius 2 is 2.09 bits per heavy atom. The Balaban J connectivity index is 1.77. The van der Waals surface area contributed by atoms with Gasteiger partial charge in [-0.25, -0.2) is 0 Å². The molecule has 1 aliphatic heterocycles. The van der Waals surface area contributed by atoms with E-state index in [9.17, 15) is 14.7 Å². The molecule has 3 unspecified atom stereocenters. The zero-order valence-electron chi connectivity index (χ0n) is 12.5. The Bertz CT molecular complexity index is 534. The summed E-state index contributed by atoms with van der Waals surface area (Å²) in [6.45, 7) is 2.09. The number of carbonyl (C=O) groups is 2. The lowest BCUT2D eigenvalue weighted by Gasteiger charge is -2.28. The van der Waals surface area contributed by atoms with Crippen molar-refractivity contribution in [2.24, 2.45) is 11.8 Å². The van der Waals surface area contributed by atoms with Crippen molar-refractivity contribution >= 4 is 12.3 Å². The molecule has 0 fully saturated rings. The summed E-state index contributed by atoms with van der Waals surface area (Å²) >= 11 is 0. The van der Waals surface area contributed by atoms with Crippen LogP contribution in [0.1, 0.15) is 18.9 Å². The van der Waals surface area contributed by atoms with E-state index in [0.717, 1.165) is 11.8 Å². The molecule has 1 aromatic rings. The molecule has 1 aromatic carbocycles. The number of esters is 1. The predicted octanol–water partition coefficient (Wildman–Crippen LogP) is 2.23. The maximum Gasteiger partial charge on any atom is 0.306 e. The molecule has 1 aliphatic rings. The molecule has 0 aromatic heterocycles. The molecule has 5 heteroatoms. The van der Waals surface area contributed by atoms with Crippen LogP contribution in [0.3, 0.4) is 0 Å². The van der Waals surface area contributed by atoms with E-state index in [2.05, 4.69) is 0 Å². The molecule has 3 atom stereocenters. The summed E-state index contributed by atoms with van der Waals surface area (Å²) in [5.74, 6) is -0.618. The SMILES string of the molecule is CC1OC=CC(CC(=O)OCCc2ccc(O)cc2)C1C=O. The van der Waals surface area contributed by atoms with Gasteiger partial charge in [-0.1, -0.05) is 12.1 Å². The number of benzene rings is 1. The highest BCUT2D eigenvalue weighted by Crippen LogP contribution is 2.26. The van der Waals surface area contributed by atoms with Crippen molar-refractivity contribution < 1.29 is 24.2 Å². The highest BCUT2D eigenvalue weighted by Gasteiger charge is 2.30. The van der Waals surface area contributed by atoms with Crippen LogP contribution in [0.2, 0.25) is 0 Å². The van der Waals surface area contributed by atoms with E-state index in [1.807, 2.05) is 6.92 Å². The molecule has 1 N–H and O–H groups in total. The van der Waals surface area contributed by atoms with Gasteiger partial charge in [0, 0.05) is 12.3 Å². The van der Waals surface area contributed by atoms with Gasteiger partial charge in [-0.15, -0.1) is 0 Å². The first kappa shape index (κ1) is 16.1. The highest BCUT2D eigenvalue weighted by molar-refractivity contribution is 5.71. The van der Waals surface area contributed by atoms with Crippen molar-refractivity contribution in [3.05, 3.63) is 42.2 Å². The van der Waals surface area contributed by atoms with Gasteiger partial charge < -0.3 is 19.4 Å². The van der Waals surface area contributed by atoms with E-state index < -0.39 is 0 Å². The first-order chi connectivity index (χ1) is 10.6. The fourth-order valence-electron chi connectivity index (χ4n) is 2.45. The summed E-state index contributed by atoms with van der Waals surface area (Å²) < 4.78 is 10.5. The molecular weight excluding hydrogens is 284 g/mol. The van der Waals surface area contributed by atoms with Gasteiger partial charge in [0.25, 0.3) is 0 Å². The molecule has 118 valence electrons. The van der Waals surface area contributed by atoms with E-state index in [4.69, 9.17) is 9.47 Å². The molecule has 0 bridgehead atoms. The van der Waals surface area contributed by atoms with Crippen molar-refractivity contribution in [3.8, 4) is 5.75 Å². The van der Waals surface area contributed by atoms with Crippen LogP contribution in [0, 0.1) is 11.8 Å². The molecule has 22 heavy (non-hydrogen) atoms. The third-order valence-corrected chi connectivity index (χ3v) is 3.81. The Labute approximate surface area is 129 Å². The minimum atomic E-state index is -0.325. The number of hydrogen-bond acceptors (Lipinski definition) is 5. The van der Waals surface area contributed by atoms with Crippen LogP contribution in [-0.2, 0) is 25.5 Å². The minimum absolute atomic E-state index is 0.170. The summed E-state index contributed by atoms with van der Waals surface area (Å²) in [6.07, 6.45) is 4.64. The zero-order valence-corrected chi connectivity index (χ0v) is 12.5. The molecule has 0 radical (unpaired) electrons. The van der Waals surface area contributed by atoms with Gasteiger partial charge in [0.15, 0.2) is 0 Å². The number of carbonyl (C=O) groups excluding carboxylic acids is 2. The Hall–Kier alpha value is -2.30. The number of phenols is 1. The van der Waals surface area contributed by atoms with Crippen molar-refractivity contribution in [1.82, 2.24) is 0 Å². The predicted molar refractivity (Wildman–Crippen MR) is 80.1 cm³/mol. The van der Waals surface area contributed by atoms with E-state index in [1.54, 1.807) is 36.6 Å². The zero-order chi connectivity index (χ0) is 15.9. The first-order valence-corrected chi connectivity index (χ1v) is 7.31. The standard InChI is InChI=1S/C17H20O5/c1-12-16(11-18)14(7-9-21-12)10-17(20)22-8-6-13-2-4-15(19)5-3-13/h2-5,7,9,11-12,14,16,19H,6,8,10H2,1H3. The Morgan fingerprint density at radius 3 is 2.77 bits per heavy atom. The van der Waals surface area contributed by atoms with E-state index in [0.29, 0.717) is 6.42 Å². The van der Waals surface area contributed by atoms with Gasteiger partial charge in [-0.05, 0) is 30.7 Å². The fourth-order valence-corrected chi connectivity index (χ4v) is 2.45. The van der Waals surface area contributed by atoms with Crippen molar-refractivity contribution in [1.29, 1.82) is 0 Å². The Kier molecular flexibility index (Phi) is 5.58. The molecule has 0 spiro atoms. The van der Waals surface area contributed by atoms with Crippen LogP contribution in [0.4, 0.5) is 0 Å². The molecular formula is C17H20O5. The third kappa shape index (κ3) is 4.35. The van der Waals surface area contributed by atoms with Gasteiger partial charge in [0.05, 0.1) is 25.2 Å².